The monoisotopic (exact) mass is 349 g/mol. The maximum absolute atomic E-state index is 12.7. The molecule has 1 aliphatic heterocycles. The quantitative estimate of drug-likeness (QED) is 0.478. The molecule has 1 aliphatic rings. The highest BCUT2D eigenvalue weighted by molar-refractivity contribution is 7.80. The summed E-state index contributed by atoms with van der Waals surface area (Å²) < 4.78 is 0.933. The molecular weight excluding hydrogens is 330 g/mol. The number of fused-ring (bicyclic) bond motifs is 3. The van der Waals surface area contributed by atoms with Crippen LogP contribution in [-0.2, 0) is 10.3 Å². The standard InChI is InChI=1S/C17H19NOS3/c1-6-12(19)18-14-10(3)7-9(2)8-11(14)13-15(17(18,4)5)21-22-16(13)20/h7-8H,6H2,1-5H3. The lowest BCUT2D eigenvalue weighted by atomic mass is 9.85. The summed E-state index contributed by atoms with van der Waals surface area (Å²) in [5.74, 6) is 0.160. The van der Waals surface area contributed by atoms with E-state index in [2.05, 4.69) is 39.8 Å². The highest BCUT2D eigenvalue weighted by atomic mass is 32.9. The molecule has 3 rings (SSSR count). The Hall–Kier alpha value is -1.04. The van der Waals surface area contributed by atoms with E-state index in [0.717, 1.165) is 26.2 Å². The fourth-order valence-electron chi connectivity index (χ4n) is 3.32. The summed E-state index contributed by atoms with van der Waals surface area (Å²) >= 11 is 5.60. The second-order valence-electron chi connectivity index (χ2n) is 6.28. The zero-order chi connectivity index (χ0) is 16.2. The maximum atomic E-state index is 12.7. The van der Waals surface area contributed by atoms with Crippen LogP contribution in [0.1, 0.15) is 43.2 Å². The molecule has 0 bridgehead atoms. The van der Waals surface area contributed by atoms with E-state index in [4.69, 9.17) is 12.2 Å². The summed E-state index contributed by atoms with van der Waals surface area (Å²) in [6.07, 6.45) is 0.501. The molecule has 1 aromatic carbocycles. The molecule has 22 heavy (non-hydrogen) atoms. The fraction of sp³-hybridized carbons (Fsp3) is 0.412. The van der Waals surface area contributed by atoms with Crippen molar-refractivity contribution in [2.24, 2.45) is 0 Å². The summed E-state index contributed by atoms with van der Waals surface area (Å²) in [5.41, 5.74) is 5.31. The van der Waals surface area contributed by atoms with Gasteiger partial charge >= 0.3 is 0 Å². The van der Waals surface area contributed by atoms with Crippen molar-refractivity contribution in [3.8, 4) is 11.1 Å². The molecule has 116 valence electrons. The highest BCUT2D eigenvalue weighted by Gasteiger charge is 2.43. The number of amides is 1. The number of benzene rings is 1. The first-order chi connectivity index (χ1) is 10.3. The fourth-order valence-corrected chi connectivity index (χ4v) is 6.60. The Morgan fingerprint density at radius 2 is 1.95 bits per heavy atom. The summed E-state index contributed by atoms with van der Waals surface area (Å²) in [5, 5.41) is 0. The van der Waals surface area contributed by atoms with E-state index in [-0.39, 0.29) is 11.4 Å². The number of hydrogen-bond donors (Lipinski definition) is 0. The molecule has 2 aromatic rings. The van der Waals surface area contributed by atoms with Gasteiger partial charge in [0.25, 0.3) is 0 Å². The molecule has 0 fully saturated rings. The normalized spacial score (nSPS) is 15.4. The van der Waals surface area contributed by atoms with E-state index >= 15 is 0 Å². The van der Waals surface area contributed by atoms with Gasteiger partial charge in [0.05, 0.1) is 16.1 Å². The van der Waals surface area contributed by atoms with Gasteiger partial charge in [0.15, 0.2) is 0 Å². The smallest absolute Gasteiger partial charge is 0.227 e. The lowest BCUT2D eigenvalue weighted by Gasteiger charge is -2.43. The van der Waals surface area contributed by atoms with Crippen molar-refractivity contribution >= 4 is 44.5 Å². The van der Waals surface area contributed by atoms with Crippen LogP contribution in [0, 0.1) is 17.7 Å². The van der Waals surface area contributed by atoms with Gasteiger partial charge in [0.2, 0.25) is 5.91 Å². The Kier molecular flexibility index (Phi) is 3.78. The molecular formula is C17H19NOS3. The lowest BCUT2D eigenvalue weighted by Crippen LogP contribution is -2.47. The minimum atomic E-state index is -0.354. The molecule has 0 N–H and O–H groups in total. The van der Waals surface area contributed by atoms with Gasteiger partial charge in [-0.05, 0) is 39.3 Å². The molecule has 2 heterocycles. The van der Waals surface area contributed by atoms with Crippen LogP contribution in [0.3, 0.4) is 0 Å². The predicted molar refractivity (Wildman–Crippen MR) is 98.7 cm³/mol. The average Bonchev–Trinajstić information content (AvgIpc) is 2.82. The first-order valence-electron chi connectivity index (χ1n) is 7.37. The van der Waals surface area contributed by atoms with Gasteiger partial charge in [-0.15, -0.1) is 0 Å². The molecule has 0 aliphatic carbocycles. The number of aryl methyl sites for hydroxylation is 2. The molecule has 0 spiro atoms. The lowest BCUT2D eigenvalue weighted by molar-refractivity contribution is -0.119. The first kappa shape index (κ1) is 15.8. The van der Waals surface area contributed by atoms with Crippen molar-refractivity contribution in [3.63, 3.8) is 0 Å². The maximum Gasteiger partial charge on any atom is 0.227 e. The Balaban J connectivity index is 2.45. The number of rotatable bonds is 1. The van der Waals surface area contributed by atoms with E-state index < -0.39 is 0 Å². The number of hydrogen-bond acceptors (Lipinski definition) is 4. The van der Waals surface area contributed by atoms with Crippen LogP contribution in [-0.4, -0.2) is 5.91 Å². The molecule has 1 amide bonds. The van der Waals surface area contributed by atoms with Crippen LogP contribution in [0.15, 0.2) is 12.1 Å². The number of carbonyl (C=O) groups is 1. The molecule has 1 aromatic heterocycles. The molecule has 2 nitrogen and oxygen atoms in total. The van der Waals surface area contributed by atoms with Crippen molar-refractivity contribution in [3.05, 3.63) is 32.0 Å². The average molecular weight is 350 g/mol. The van der Waals surface area contributed by atoms with E-state index in [1.165, 1.54) is 10.4 Å². The summed E-state index contributed by atoms with van der Waals surface area (Å²) in [7, 11) is 3.35. The summed E-state index contributed by atoms with van der Waals surface area (Å²) in [4.78, 5) is 15.9. The molecule has 0 atom stereocenters. The molecule has 0 saturated heterocycles. The Morgan fingerprint density at radius 1 is 1.27 bits per heavy atom. The van der Waals surface area contributed by atoms with Crippen LogP contribution in [0.25, 0.3) is 11.1 Å². The zero-order valence-electron chi connectivity index (χ0n) is 13.4. The Labute approximate surface area is 143 Å². The molecule has 0 unspecified atom stereocenters. The number of nitrogens with zero attached hydrogens (tertiary/aromatic N) is 1. The summed E-state index contributed by atoms with van der Waals surface area (Å²) in [6.45, 7) is 10.4. The van der Waals surface area contributed by atoms with Crippen LogP contribution in [0.5, 0.6) is 0 Å². The van der Waals surface area contributed by atoms with Gasteiger partial charge in [0, 0.05) is 17.5 Å². The number of carbonyl (C=O) groups excluding carboxylic acids is 1. The first-order valence-corrected chi connectivity index (χ1v) is 9.93. The summed E-state index contributed by atoms with van der Waals surface area (Å²) in [6, 6.07) is 4.32. The second-order valence-corrected chi connectivity index (χ2v) is 9.09. The van der Waals surface area contributed by atoms with Gasteiger partial charge in [-0.2, -0.15) is 0 Å². The van der Waals surface area contributed by atoms with Gasteiger partial charge in [-0.25, -0.2) is 0 Å². The van der Waals surface area contributed by atoms with Crippen LogP contribution in [0.2, 0.25) is 0 Å². The highest BCUT2D eigenvalue weighted by Crippen LogP contribution is 2.53. The largest absolute Gasteiger partial charge is 0.301 e. The third-order valence-corrected chi connectivity index (χ3v) is 7.57. The minimum Gasteiger partial charge on any atom is -0.301 e. The van der Waals surface area contributed by atoms with Crippen LogP contribution in [0.4, 0.5) is 5.69 Å². The molecule has 0 saturated carbocycles. The van der Waals surface area contributed by atoms with Crippen LogP contribution < -0.4 is 4.90 Å². The Bertz CT molecular complexity index is 829. The van der Waals surface area contributed by atoms with Crippen molar-refractivity contribution in [2.75, 3.05) is 4.90 Å². The van der Waals surface area contributed by atoms with E-state index in [0.29, 0.717) is 6.42 Å². The van der Waals surface area contributed by atoms with Crippen molar-refractivity contribution in [1.29, 1.82) is 0 Å². The zero-order valence-corrected chi connectivity index (χ0v) is 15.9. The topological polar surface area (TPSA) is 20.3 Å². The van der Waals surface area contributed by atoms with E-state index in [1.807, 2.05) is 11.8 Å². The predicted octanol–water partition coefficient (Wildman–Crippen LogP) is 5.81. The van der Waals surface area contributed by atoms with Crippen molar-refractivity contribution < 1.29 is 4.79 Å². The van der Waals surface area contributed by atoms with Crippen molar-refractivity contribution in [1.82, 2.24) is 0 Å². The SMILES string of the molecule is CCC(=O)N1c2c(C)cc(C)cc2-c2c(ssc2=S)C1(C)C. The van der Waals surface area contributed by atoms with Gasteiger partial charge in [-0.3, -0.25) is 4.79 Å². The second kappa shape index (κ2) is 5.25. The molecule has 0 radical (unpaired) electrons. The minimum absolute atomic E-state index is 0.160. The Morgan fingerprint density at radius 3 is 2.59 bits per heavy atom. The third-order valence-electron chi connectivity index (χ3n) is 4.24. The van der Waals surface area contributed by atoms with Crippen LogP contribution >= 0.6 is 32.9 Å². The van der Waals surface area contributed by atoms with Crippen molar-refractivity contribution in [2.45, 2.75) is 46.6 Å². The number of anilines is 1. The molecule has 5 heteroatoms. The van der Waals surface area contributed by atoms with Gasteiger partial charge in [0.1, 0.15) is 3.82 Å². The van der Waals surface area contributed by atoms with E-state index in [1.54, 1.807) is 20.7 Å². The van der Waals surface area contributed by atoms with E-state index in [9.17, 15) is 4.79 Å². The third kappa shape index (κ3) is 2.10. The van der Waals surface area contributed by atoms with Gasteiger partial charge < -0.3 is 4.90 Å². The van der Waals surface area contributed by atoms with Gasteiger partial charge in [-0.1, -0.05) is 51.5 Å².